The Labute approximate surface area is 164 Å². The van der Waals surface area contributed by atoms with Gasteiger partial charge in [0, 0.05) is 5.39 Å². The molecule has 0 aliphatic carbocycles. The molecular formula is C20H12N2O3S2. The molecule has 0 unspecified atom stereocenters. The Morgan fingerprint density at radius 1 is 1.07 bits per heavy atom. The monoisotopic (exact) mass is 392 g/mol. The van der Waals surface area contributed by atoms with Gasteiger partial charge < -0.3 is 5.11 Å². The van der Waals surface area contributed by atoms with Crippen LogP contribution in [0.5, 0.6) is 0 Å². The number of thioether (sulfide) groups is 1. The van der Waals surface area contributed by atoms with Crippen LogP contribution < -0.4 is 4.90 Å². The van der Waals surface area contributed by atoms with Crippen LogP contribution >= 0.6 is 24.0 Å². The first-order valence-corrected chi connectivity index (χ1v) is 9.22. The van der Waals surface area contributed by atoms with E-state index in [4.69, 9.17) is 17.3 Å². The van der Waals surface area contributed by atoms with Gasteiger partial charge in [-0.05, 0) is 42.5 Å². The van der Waals surface area contributed by atoms with Gasteiger partial charge >= 0.3 is 5.97 Å². The second kappa shape index (κ2) is 6.94. The van der Waals surface area contributed by atoms with E-state index in [0.717, 1.165) is 10.9 Å². The maximum Gasteiger partial charge on any atom is 0.335 e. The topological polar surface area (TPSA) is 70.5 Å². The van der Waals surface area contributed by atoms with Crippen molar-refractivity contribution in [3.63, 3.8) is 0 Å². The van der Waals surface area contributed by atoms with E-state index in [1.165, 1.54) is 28.8 Å². The molecule has 4 rings (SSSR count). The number of para-hydroxylation sites is 1. The molecule has 27 heavy (non-hydrogen) atoms. The predicted octanol–water partition coefficient (Wildman–Crippen LogP) is 4.34. The van der Waals surface area contributed by atoms with Crippen molar-refractivity contribution in [2.24, 2.45) is 0 Å². The second-order valence-corrected chi connectivity index (χ2v) is 7.47. The molecule has 2 aromatic carbocycles. The highest BCUT2D eigenvalue weighted by atomic mass is 32.2. The minimum atomic E-state index is -1.02. The normalized spacial score (nSPS) is 15.7. The predicted molar refractivity (Wildman–Crippen MR) is 111 cm³/mol. The number of hydrogen-bond acceptors (Lipinski definition) is 5. The Morgan fingerprint density at radius 3 is 2.56 bits per heavy atom. The number of nitrogens with zero attached hydrogens (tertiary/aromatic N) is 2. The van der Waals surface area contributed by atoms with E-state index in [2.05, 4.69) is 4.98 Å². The first kappa shape index (κ1) is 17.4. The van der Waals surface area contributed by atoms with Crippen molar-refractivity contribution < 1.29 is 14.7 Å². The van der Waals surface area contributed by atoms with Crippen molar-refractivity contribution in [3.05, 3.63) is 76.8 Å². The zero-order valence-corrected chi connectivity index (χ0v) is 15.5. The third kappa shape index (κ3) is 3.34. The highest BCUT2D eigenvalue weighted by molar-refractivity contribution is 8.27. The van der Waals surface area contributed by atoms with Crippen molar-refractivity contribution in [1.82, 2.24) is 4.98 Å². The molecule has 5 nitrogen and oxygen atoms in total. The summed E-state index contributed by atoms with van der Waals surface area (Å²) in [6.45, 7) is 0. The van der Waals surface area contributed by atoms with Crippen molar-refractivity contribution in [1.29, 1.82) is 0 Å². The molecule has 132 valence electrons. The number of aromatic carboxylic acids is 1. The van der Waals surface area contributed by atoms with E-state index in [-0.39, 0.29) is 11.5 Å². The van der Waals surface area contributed by atoms with Gasteiger partial charge in [0.15, 0.2) is 4.32 Å². The number of carbonyl (C=O) groups excluding carboxylic acids is 1. The van der Waals surface area contributed by atoms with Crippen LogP contribution in [0.2, 0.25) is 0 Å². The van der Waals surface area contributed by atoms with Crippen molar-refractivity contribution in [2.45, 2.75) is 0 Å². The molecule has 1 saturated heterocycles. The van der Waals surface area contributed by atoms with Crippen LogP contribution in [0, 0.1) is 0 Å². The van der Waals surface area contributed by atoms with Gasteiger partial charge in [0.25, 0.3) is 5.91 Å². The molecule has 0 saturated carbocycles. The molecular weight excluding hydrogens is 380 g/mol. The fourth-order valence-electron chi connectivity index (χ4n) is 2.74. The number of anilines is 1. The van der Waals surface area contributed by atoms with Gasteiger partial charge in [-0.1, -0.05) is 48.2 Å². The van der Waals surface area contributed by atoms with E-state index < -0.39 is 5.97 Å². The van der Waals surface area contributed by atoms with Crippen molar-refractivity contribution in [3.8, 4) is 0 Å². The zero-order valence-electron chi connectivity index (χ0n) is 13.8. The average molecular weight is 392 g/mol. The quantitative estimate of drug-likeness (QED) is 0.528. The van der Waals surface area contributed by atoms with Crippen LogP contribution in [-0.4, -0.2) is 26.3 Å². The number of thiocarbonyl (C=S) groups is 1. The Balaban J connectivity index is 1.65. The number of carbonyl (C=O) groups is 2. The first-order chi connectivity index (χ1) is 13.0. The highest BCUT2D eigenvalue weighted by Crippen LogP contribution is 2.36. The van der Waals surface area contributed by atoms with Gasteiger partial charge in [0.2, 0.25) is 0 Å². The average Bonchev–Trinajstić information content (AvgIpc) is 2.95. The lowest BCUT2D eigenvalue weighted by molar-refractivity contribution is -0.113. The number of hydrogen-bond donors (Lipinski definition) is 1. The molecule has 3 aromatic rings. The smallest absolute Gasteiger partial charge is 0.335 e. The molecule has 1 N–H and O–H groups in total. The molecule has 1 aliphatic rings. The first-order valence-electron chi connectivity index (χ1n) is 8.00. The second-order valence-electron chi connectivity index (χ2n) is 5.80. The molecule has 0 spiro atoms. The Morgan fingerprint density at radius 2 is 1.81 bits per heavy atom. The summed E-state index contributed by atoms with van der Waals surface area (Å²) < 4.78 is 0.398. The maximum absolute atomic E-state index is 12.8. The van der Waals surface area contributed by atoms with Crippen LogP contribution in [0.1, 0.15) is 16.1 Å². The molecule has 2 heterocycles. The zero-order chi connectivity index (χ0) is 19.0. The molecule has 1 fully saturated rings. The van der Waals surface area contributed by atoms with Crippen molar-refractivity contribution in [2.75, 3.05) is 4.90 Å². The van der Waals surface area contributed by atoms with Crippen LogP contribution in [0.25, 0.3) is 17.0 Å². The largest absolute Gasteiger partial charge is 0.478 e. The van der Waals surface area contributed by atoms with Gasteiger partial charge in [0.1, 0.15) is 0 Å². The van der Waals surface area contributed by atoms with Crippen LogP contribution in [0.15, 0.2) is 65.6 Å². The van der Waals surface area contributed by atoms with Gasteiger partial charge in [0.05, 0.1) is 27.4 Å². The van der Waals surface area contributed by atoms with E-state index in [1.54, 1.807) is 18.2 Å². The third-order valence-corrected chi connectivity index (χ3v) is 5.37. The summed E-state index contributed by atoms with van der Waals surface area (Å²) in [5.74, 6) is -1.27. The van der Waals surface area contributed by atoms with E-state index in [0.29, 0.717) is 20.6 Å². The summed E-state index contributed by atoms with van der Waals surface area (Å²) in [5.41, 5.74) is 2.22. The molecule has 1 aromatic heterocycles. The number of carboxylic acid groups (broad SMARTS) is 1. The fourth-order valence-corrected chi connectivity index (χ4v) is 4.02. The number of rotatable bonds is 3. The summed E-state index contributed by atoms with van der Waals surface area (Å²) >= 11 is 6.54. The molecule has 1 aliphatic heterocycles. The summed E-state index contributed by atoms with van der Waals surface area (Å²) in [7, 11) is 0. The molecule has 0 bridgehead atoms. The summed E-state index contributed by atoms with van der Waals surface area (Å²) in [5, 5.41) is 10.0. The van der Waals surface area contributed by atoms with Crippen LogP contribution in [0.3, 0.4) is 0 Å². The number of fused-ring (bicyclic) bond motifs is 1. The number of aromatic nitrogens is 1. The Kier molecular flexibility index (Phi) is 4.47. The molecule has 1 amide bonds. The van der Waals surface area contributed by atoms with Gasteiger partial charge in [-0.3, -0.25) is 9.69 Å². The molecule has 7 heteroatoms. The standard InChI is InChI=1S/C20H12N2O3S2/c23-18-17(11-14-8-5-12-3-1-2-4-16(12)21-14)27-20(26)22(18)15-9-6-13(7-10-15)19(24)25/h1-11H,(H,24,25)/b17-11-. The molecule has 0 radical (unpaired) electrons. The highest BCUT2D eigenvalue weighted by Gasteiger charge is 2.33. The number of benzene rings is 2. The number of pyridine rings is 1. The Bertz CT molecular complexity index is 1120. The number of carboxylic acids is 1. The summed E-state index contributed by atoms with van der Waals surface area (Å²) in [6, 6.07) is 17.6. The summed E-state index contributed by atoms with van der Waals surface area (Å²) in [4.78, 5) is 30.2. The Hall–Kier alpha value is -3.03. The summed E-state index contributed by atoms with van der Waals surface area (Å²) in [6.07, 6.45) is 1.72. The van der Waals surface area contributed by atoms with Gasteiger partial charge in [-0.25, -0.2) is 9.78 Å². The van der Waals surface area contributed by atoms with E-state index in [9.17, 15) is 9.59 Å². The lowest BCUT2D eigenvalue weighted by Gasteiger charge is -2.14. The van der Waals surface area contributed by atoms with Gasteiger partial charge in [-0.2, -0.15) is 0 Å². The van der Waals surface area contributed by atoms with E-state index in [1.807, 2.05) is 36.4 Å². The third-order valence-electron chi connectivity index (χ3n) is 4.07. The van der Waals surface area contributed by atoms with Crippen molar-refractivity contribution >= 4 is 62.8 Å². The lowest BCUT2D eigenvalue weighted by atomic mass is 10.2. The molecule has 0 atom stereocenters. The minimum absolute atomic E-state index is 0.153. The SMILES string of the molecule is O=C(O)c1ccc(N2C(=O)/C(=C/c3ccc4ccccc4n3)SC2=S)cc1. The lowest BCUT2D eigenvalue weighted by Crippen LogP contribution is -2.27. The maximum atomic E-state index is 12.8. The van der Waals surface area contributed by atoms with E-state index >= 15 is 0 Å². The van der Waals surface area contributed by atoms with Crippen LogP contribution in [-0.2, 0) is 4.79 Å². The fraction of sp³-hybridized carbons (Fsp3) is 0. The number of amides is 1. The van der Waals surface area contributed by atoms with Crippen LogP contribution in [0.4, 0.5) is 5.69 Å². The minimum Gasteiger partial charge on any atom is -0.478 e. The van der Waals surface area contributed by atoms with Gasteiger partial charge in [-0.15, -0.1) is 0 Å².